The lowest BCUT2D eigenvalue weighted by Crippen LogP contribution is -2.23. The van der Waals surface area contributed by atoms with Gasteiger partial charge < -0.3 is 16.4 Å². The van der Waals surface area contributed by atoms with E-state index < -0.39 is 0 Å². The summed E-state index contributed by atoms with van der Waals surface area (Å²) in [6.45, 7) is 1.84. The van der Waals surface area contributed by atoms with Crippen molar-refractivity contribution < 1.29 is 9.18 Å². The standard InChI is InChI=1S/C22H23FN6OS/c1-13(20(30)25-18-8-5-14-3-2-4-15(14)11-18)31-12-19-27-21(24)29-22(28-19)26-17-9-6-16(23)7-10-17/h5-11,13H,2-4,12H2,1H3,(H,25,30)(H3,24,26,27,28,29)/t13-/m0/s1. The number of aryl methyl sites for hydroxylation is 2. The lowest BCUT2D eigenvalue weighted by molar-refractivity contribution is -0.115. The number of nitrogens with zero attached hydrogens (tertiary/aromatic N) is 3. The summed E-state index contributed by atoms with van der Waals surface area (Å²) < 4.78 is 13.1. The van der Waals surface area contributed by atoms with Crippen LogP contribution in [0.5, 0.6) is 0 Å². The fraction of sp³-hybridized carbons (Fsp3) is 0.273. The summed E-state index contributed by atoms with van der Waals surface area (Å²) in [5.74, 6) is 0.790. The number of benzene rings is 2. The summed E-state index contributed by atoms with van der Waals surface area (Å²) in [6.07, 6.45) is 3.35. The van der Waals surface area contributed by atoms with Crippen molar-refractivity contribution in [2.24, 2.45) is 0 Å². The third-order valence-corrected chi connectivity index (χ3v) is 6.14. The van der Waals surface area contributed by atoms with E-state index in [0.29, 0.717) is 17.3 Å². The van der Waals surface area contributed by atoms with Gasteiger partial charge in [0.15, 0.2) is 0 Å². The molecule has 9 heteroatoms. The van der Waals surface area contributed by atoms with E-state index in [-0.39, 0.29) is 28.9 Å². The molecule has 0 saturated carbocycles. The Hall–Kier alpha value is -3.20. The minimum Gasteiger partial charge on any atom is -0.368 e. The monoisotopic (exact) mass is 438 g/mol. The van der Waals surface area contributed by atoms with Gasteiger partial charge in [0.05, 0.1) is 11.0 Å². The van der Waals surface area contributed by atoms with Gasteiger partial charge in [0.1, 0.15) is 11.6 Å². The van der Waals surface area contributed by atoms with Crippen LogP contribution < -0.4 is 16.4 Å². The molecule has 7 nitrogen and oxygen atoms in total. The number of carbonyl (C=O) groups is 1. The highest BCUT2D eigenvalue weighted by Gasteiger charge is 2.17. The molecule has 0 aliphatic heterocycles. The first-order valence-electron chi connectivity index (χ1n) is 10.0. The third kappa shape index (κ3) is 5.49. The molecule has 0 bridgehead atoms. The first kappa shape index (κ1) is 21.0. The van der Waals surface area contributed by atoms with Crippen LogP contribution in [-0.2, 0) is 23.4 Å². The van der Waals surface area contributed by atoms with Crippen molar-refractivity contribution in [1.29, 1.82) is 0 Å². The van der Waals surface area contributed by atoms with Gasteiger partial charge in [-0.3, -0.25) is 4.79 Å². The third-order valence-electron chi connectivity index (χ3n) is 5.00. The van der Waals surface area contributed by atoms with Crippen LogP contribution in [0.1, 0.15) is 30.3 Å². The van der Waals surface area contributed by atoms with E-state index in [2.05, 4.69) is 37.7 Å². The van der Waals surface area contributed by atoms with Crippen molar-refractivity contribution in [3.05, 3.63) is 65.2 Å². The Kier molecular flexibility index (Phi) is 6.31. The molecule has 3 aromatic rings. The van der Waals surface area contributed by atoms with Crippen LogP contribution in [0.2, 0.25) is 0 Å². The predicted octanol–water partition coefficient (Wildman–Crippen LogP) is 4.09. The van der Waals surface area contributed by atoms with Crippen molar-refractivity contribution in [1.82, 2.24) is 15.0 Å². The summed E-state index contributed by atoms with van der Waals surface area (Å²) in [6, 6.07) is 12.0. The molecule has 31 heavy (non-hydrogen) atoms. The van der Waals surface area contributed by atoms with Crippen molar-refractivity contribution >= 4 is 40.9 Å². The van der Waals surface area contributed by atoms with E-state index >= 15 is 0 Å². The Morgan fingerprint density at radius 1 is 1.10 bits per heavy atom. The van der Waals surface area contributed by atoms with E-state index in [0.717, 1.165) is 18.5 Å². The van der Waals surface area contributed by atoms with Crippen LogP contribution in [0.15, 0.2) is 42.5 Å². The van der Waals surface area contributed by atoms with E-state index in [1.807, 2.05) is 13.0 Å². The molecular weight excluding hydrogens is 415 g/mol. The SMILES string of the molecule is C[C@H](SCc1nc(N)nc(Nc2ccc(F)cc2)n1)C(=O)Nc1ccc2c(c1)CCC2. The average molecular weight is 439 g/mol. The maximum atomic E-state index is 13.1. The normalized spacial score (nSPS) is 13.5. The van der Waals surface area contributed by atoms with E-state index in [1.54, 1.807) is 12.1 Å². The Morgan fingerprint density at radius 3 is 2.65 bits per heavy atom. The molecule has 1 atom stereocenters. The molecule has 4 rings (SSSR count). The number of fused-ring (bicyclic) bond motifs is 1. The Morgan fingerprint density at radius 2 is 1.84 bits per heavy atom. The average Bonchev–Trinajstić information content (AvgIpc) is 3.21. The van der Waals surface area contributed by atoms with Gasteiger partial charge >= 0.3 is 0 Å². The summed E-state index contributed by atoms with van der Waals surface area (Å²) in [5, 5.41) is 5.66. The fourth-order valence-electron chi connectivity index (χ4n) is 3.39. The van der Waals surface area contributed by atoms with Gasteiger partial charge in [0, 0.05) is 11.4 Å². The Bertz CT molecular complexity index is 1090. The molecule has 0 saturated heterocycles. The number of nitrogens with two attached hydrogens (primary N) is 1. The molecule has 4 N–H and O–H groups in total. The Labute approximate surface area is 184 Å². The lowest BCUT2D eigenvalue weighted by Gasteiger charge is -2.13. The van der Waals surface area contributed by atoms with Crippen LogP contribution in [-0.4, -0.2) is 26.1 Å². The molecule has 160 valence electrons. The number of carbonyl (C=O) groups excluding carboxylic acids is 1. The number of halogens is 1. The minimum atomic E-state index is -0.329. The number of aromatic nitrogens is 3. The molecular formula is C22H23FN6OS. The zero-order valence-corrected chi connectivity index (χ0v) is 17.9. The number of hydrogen-bond acceptors (Lipinski definition) is 7. The van der Waals surface area contributed by atoms with E-state index in [9.17, 15) is 9.18 Å². The number of amides is 1. The van der Waals surface area contributed by atoms with E-state index in [1.165, 1.54) is 41.4 Å². The number of hydrogen-bond donors (Lipinski definition) is 3. The lowest BCUT2D eigenvalue weighted by atomic mass is 10.1. The van der Waals surface area contributed by atoms with Crippen molar-refractivity contribution in [2.45, 2.75) is 37.2 Å². The van der Waals surface area contributed by atoms with Crippen molar-refractivity contribution in [3.63, 3.8) is 0 Å². The molecule has 1 aliphatic rings. The summed E-state index contributed by atoms with van der Waals surface area (Å²) in [7, 11) is 0. The highest BCUT2D eigenvalue weighted by Crippen LogP contribution is 2.26. The molecule has 0 fully saturated rings. The largest absolute Gasteiger partial charge is 0.368 e. The van der Waals surface area contributed by atoms with Crippen molar-refractivity contribution in [2.75, 3.05) is 16.4 Å². The summed E-state index contributed by atoms with van der Waals surface area (Å²) in [4.78, 5) is 25.1. The number of nitrogen functional groups attached to an aromatic ring is 1. The smallest absolute Gasteiger partial charge is 0.237 e. The van der Waals surface area contributed by atoms with Crippen LogP contribution in [0.4, 0.5) is 27.7 Å². The highest BCUT2D eigenvalue weighted by atomic mass is 32.2. The van der Waals surface area contributed by atoms with Gasteiger partial charge in [-0.05, 0) is 73.7 Å². The Balaban J connectivity index is 1.35. The molecule has 2 aromatic carbocycles. The van der Waals surface area contributed by atoms with Gasteiger partial charge in [-0.15, -0.1) is 11.8 Å². The van der Waals surface area contributed by atoms with Gasteiger partial charge in [-0.2, -0.15) is 15.0 Å². The molecule has 0 unspecified atom stereocenters. The molecule has 1 aromatic heterocycles. The zero-order chi connectivity index (χ0) is 21.8. The highest BCUT2D eigenvalue weighted by molar-refractivity contribution is 7.99. The van der Waals surface area contributed by atoms with Crippen LogP contribution in [0.25, 0.3) is 0 Å². The second-order valence-electron chi connectivity index (χ2n) is 7.34. The van der Waals surface area contributed by atoms with Crippen LogP contribution in [0.3, 0.4) is 0 Å². The molecule has 0 radical (unpaired) electrons. The fourth-order valence-corrected chi connectivity index (χ4v) is 4.13. The van der Waals surface area contributed by atoms with Crippen LogP contribution >= 0.6 is 11.8 Å². The molecule has 1 aliphatic carbocycles. The topological polar surface area (TPSA) is 106 Å². The number of thioether (sulfide) groups is 1. The molecule has 1 amide bonds. The summed E-state index contributed by atoms with van der Waals surface area (Å²) >= 11 is 1.41. The summed E-state index contributed by atoms with van der Waals surface area (Å²) in [5.41, 5.74) is 9.95. The number of nitrogens with one attached hydrogen (secondary N) is 2. The first-order chi connectivity index (χ1) is 15.0. The maximum Gasteiger partial charge on any atom is 0.237 e. The maximum absolute atomic E-state index is 13.1. The molecule has 0 spiro atoms. The first-order valence-corrected chi connectivity index (χ1v) is 11.1. The predicted molar refractivity (Wildman–Crippen MR) is 122 cm³/mol. The van der Waals surface area contributed by atoms with Gasteiger partial charge in [-0.1, -0.05) is 6.07 Å². The number of anilines is 4. The van der Waals surface area contributed by atoms with Gasteiger partial charge in [0.2, 0.25) is 17.8 Å². The van der Waals surface area contributed by atoms with Crippen molar-refractivity contribution in [3.8, 4) is 0 Å². The second kappa shape index (κ2) is 9.30. The number of rotatable bonds is 7. The van der Waals surface area contributed by atoms with E-state index in [4.69, 9.17) is 5.73 Å². The van der Waals surface area contributed by atoms with Gasteiger partial charge in [0.25, 0.3) is 0 Å². The van der Waals surface area contributed by atoms with Gasteiger partial charge in [-0.25, -0.2) is 4.39 Å². The minimum absolute atomic E-state index is 0.0744. The second-order valence-corrected chi connectivity index (χ2v) is 8.67. The quantitative estimate of drug-likeness (QED) is 0.510. The van der Waals surface area contributed by atoms with Crippen LogP contribution in [0, 0.1) is 5.82 Å². The molecule has 1 heterocycles. The zero-order valence-electron chi connectivity index (χ0n) is 17.1.